The van der Waals surface area contributed by atoms with Gasteiger partial charge in [-0.1, -0.05) is 12.1 Å². The standard InChI is InChI=1S/C21H23N5O4S/c27-21(16-5-3-6-17(15-16)31(28,29)24-11-13-30-14-12-24)25-10-4-7-18(25)20-23-22-19-8-1-2-9-26(19)20/h1-3,5-6,8-9,15,18H,4,7,10-14H2/t18-/m0/s1. The number of benzene rings is 1. The summed E-state index contributed by atoms with van der Waals surface area (Å²) in [7, 11) is -3.67. The van der Waals surface area contributed by atoms with Gasteiger partial charge in [0.05, 0.1) is 24.2 Å². The van der Waals surface area contributed by atoms with Crippen molar-refractivity contribution >= 4 is 21.6 Å². The van der Waals surface area contributed by atoms with Crippen LogP contribution in [0.1, 0.15) is 35.1 Å². The van der Waals surface area contributed by atoms with E-state index in [1.54, 1.807) is 17.0 Å². The van der Waals surface area contributed by atoms with Crippen LogP contribution in [0.25, 0.3) is 5.65 Å². The van der Waals surface area contributed by atoms with Gasteiger partial charge in [-0.3, -0.25) is 9.20 Å². The molecular weight excluding hydrogens is 418 g/mol. The molecule has 3 aromatic rings. The zero-order valence-electron chi connectivity index (χ0n) is 16.9. The average Bonchev–Trinajstić information content (AvgIpc) is 3.46. The molecule has 5 rings (SSSR count). The molecule has 0 radical (unpaired) electrons. The Morgan fingerprint density at radius 3 is 2.71 bits per heavy atom. The number of carbonyl (C=O) groups is 1. The van der Waals surface area contributed by atoms with E-state index in [2.05, 4.69) is 10.2 Å². The first-order valence-corrected chi connectivity index (χ1v) is 11.8. The molecule has 2 aliphatic rings. The van der Waals surface area contributed by atoms with Crippen LogP contribution in [0.2, 0.25) is 0 Å². The first kappa shape index (κ1) is 20.1. The van der Waals surface area contributed by atoms with Crippen molar-refractivity contribution in [3.63, 3.8) is 0 Å². The molecule has 0 saturated carbocycles. The summed E-state index contributed by atoms with van der Waals surface area (Å²) in [6.45, 7) is 1.97. The van der Waals surface area contributed by atoms with Crippen LogP contribution in [0.15, 0.2) is 53.6 Å². The van der Waals surface area contributed by atoms with Crippen molar-refractivity contribution in [1.29, 1.82) is 0 Å². The summed E-state index contributed by atoms with van der Waals surface area (Å²) in [6.07, 6.45) is 3.53. The number of carbonyl (C=O) groups excluding carboxylic acids is 1. The SMILES string of the molecule is O=C(c1cccc(S(=O)(=O)N2CCOCC2)c1)N1CCC[C@H]1c1nnc2ccccn12. The fourth-order valence-electron chi connectivity index (χ4n) is 4.26. The van der Waals surface area contributed by atoms with E-state index in [1.807, 2.05) is 28.8 Å². The number of rotatable bonds is 4. The second-order valence-electron chi connectivity index (χ2n) is 7.69. The Labute approximate surface area is 180 Å². The molecule has 2 aromatic heterocycles. The second kappa shape index (κ2) is 8.03. The highest BCUT2D eigenvalue weighted by molar-refractivity contribution is 7.89. The van der Waals surface area contributed by atoms with Crippen LogP contribution in [-0.2, 0) is 14.8 Å². The summed E-state index contributed by atoms with van der Waals surface area (Å²) in [6, 6.07) is 11.8. The van der Waals surface area contributed by atoms with Crippen molar-refractivity contribution in [3.8, 4) is 0 Å². The highest BCUT2D eigenvalue weighted by Gasteiger charge is 2.34. The zero-order valence-corrected chi connectivity index (χ0v) is 17.7. The Kier molecular flexibility index (Phi) is 5.20. The van der Waals surface area contributed by atoms with Gasteiger partial charge in [0.15, 0.2) is 11.5 Å². The Morgan fingerprint density at radius 2 is 1.87 bits per heavy atom. The van der Waals surface area contributed by atoms with Gasteiger partial charge < -0.3 is 9.64 Å². The lowest BCUT2D eigenvalue weighted by Crippen LogP contribution is -2.40. The third-order valence-electron chi connectivity index (χ3n) is 5.84. The molecule has 9 nitrogen and oxygen atoms in total. The molecule has 162 valence electrons. The molecule has 31 heavy (non-hydrogen) atoms. The summed E-state index contributed by atoms with van der Waals surface area (Å²) in [5, 5.41) is 8.53. The van der Waals surface area contributed by atoms with Crippen molar-refractivity contribution in [2.75, 3.05) is 32.8 Å². The van der Waals surface area contributed by atoms with Crippen molar-refractivity contribution in [2.45, 2.75) is 23.8 Å². The Bertz CT molecular complexity index is 1220. The van der Waals surface area contributed by atoms with E-state index < -0.39 is 10.0 Å². The Balaban J connectivity index is 1.44. The van der Waals surface area contributed by atoms with Gasteiger partial charge in [-0.25, -0.2) is 8.42 Å². The third-order valence-corrected chi connectivity index (χ3v) is 7.74. The number of nitrogens with zero attached hydrogens (tertiary/aromatic N) is 5. The van der Waals surface area contributed by atoms with Gasteiger partial charge in [0.2, 0.25) is 10.0 Å². The molecule has 0 aliphatic carbocycles. The zero-order chi connectivity index (χ0) is 21.4. The number of sulfonamides is 1. The number of hydrogen-bond acceptors (Lipinski definition) is 6. The molecule has 4 heterocycles. The summed E-state index contributed by atoms with van der Waals surface area (Å²) < 4.78 is 34.6. The largest absolute Gasteiger partial charge is 0.379 e. The second-order valence-corrected chi connectivity index (χ2v) is 9.63. The summed E-state index contributed by atoms with van der Waals surface area (Å²) in [5.74, 6) is 0.521. The third kappa shape index (κ3) is 3.60. The van der Waals surface area contributed by atoms with E-state index in [0.29, 0.717) is 38.4 Å². The van der Waals surface area contributed by atoms with E-state index >= 15 is 0 Å². The van der Waals surface area contributed by atoms with Gasteiger partial charge in [0.1, 0.15) is 0 Å². The van der Waals surface area contributed by atoms with Crippen molar-refractivity contribution in [1.82, 2.24) is 23.8 Å². The van der Waals surface area contributed by atoms with Crippen molar-refractivity contribution in [2.24, 2.45) is 0 Å². The smallest absolute Gasteiger partial charge is 0.254 e. The lowest BCUT2D eigenvalue weighted by atomic mass is 10.1. The number of pyridine rings is 1. The van der Waals surface area contributed by atoms with E-state index in [4.69, 9.17) is 4.74 Å². The maximum absolute atomic E-state index is 13.4. The molecule has 0 spiro atoms. The molecule has 0 N–H and O–H groups in total. The van der Waals surface area contributed by atoms with Gasteiger partial charge in [-0.05, 0) is 43.2 Å². The van der Waals surface area contributed by atoms with E-state index in [9.17, 15) is 13.2 Å². The minimum absolute atomic E-state index is 0.129. The average molecular weight is 442 g/mol. The fourth-order valence-corrected chi connectivity index (χ4v) is 5.71. The molecule has 0 unspecified atom stereocenters. The lowest BCUT2D eigenvalue weighted by molar-refractivity contribution is 0.0725. The first-order chi connectivity index (χ1) is 15.1. The van der Waals surface area contributed by atoms with Crippen LogP contribution in [0.5, 0.6) is 0 Å². The van der Waals surface area contributed by atoms with E-state index in [1.165, 1.54) is 16.4 Å². The molecule has 10 heteroatoms. The number of ether oxygens (including phenoxy) is 1. The number of aromatic nitrogens is 3. The molecule has 2 saturated heterocycles. The van der Waals surface area contributed by atoms with Crippen LogP contribution in [0.3, 0.4) is 0 Å². The predicted octanol–water partition coefficient (Wildman–Crippen LogP) is 1.73. The number of morpholine rings is 1. The van der Waals surface area contributed by atoms with E-state index in [-0.39, 0.29) is 16.8 Å². The Morgan fingerprint density at radius 1 is 1.03 bits per heavy atom. The fraction of sp³-hybridized carbons (Fsp3) is 0.381. The maximum atomic E-state index is 13.4. The van der Waals surface area contributed by atoms with Crippen LogP contribution >= 0.6 is 0 Å². The van der Waals surface area contributed by atoms with Gasteiger partial charge in [-0.2, -0.15) is 4.31 Å². The first-order valence-electron chi connectivity index (χ1n) is 10.3. The van der Waals surface area contributed by atoms with Gasteiger partial charge >= 0.3 is 0 Å². The van der Waals surface area contributed by atoms with Gasteiger partial charge in [0.25, 0.3) is 5.91 Å². The quantitative estimate of drug-likeness (QED) is 0.612. The minimum Gasteiger partial charge on any atom is -0.379 e. The van der Waals surface area contributed by atoms with Crippen LogP contribution in [0, 0.1) is 0 Å². The lowest BCUT2D eigenvalue weighted by Gasteiger charge is -2.26. The molecular formula is C21H23N5O4S. The molecule has 0 bridgehead atoms. The highest BCUT2D eigenvalue weighted by Crippen LogP contribution is 2.32. The van der Waals surface area contributed by atoms with Crippen LogP contribution in [-0.4, -0.2) is 71.0 Å². The normalized spacial score (nSPS) is 20.4. The van der Waals surface area contributed by atoms with Gasteiger partial charge in [-0.15, -0.1) is 10.2 Å². The predicted molar refractivity (Wildman–Crippen MR) is 112 cm³/mol. The molecule has 1 amide bonds. The number of amides is 1. The summed E-state index contributed by atoms with van der Waals surface area (Å²) in [4.78, 5) is 15.3. The van der Waals surface area contributed by atoms with Crippen LogP contribution in [0.4, 0.5) is 0 Å². The minimum atomic E-state index is -3.67. The highest BCUT2D eigenvalue weighted by atomic mass is 32.2. The summed E-state index contributed by atoms with van der Waals surface area (Å²) in [5.41, 5.74) is 1.09. The van der Waals surface area contributed by atoms with Gasteiger partial charge in [0, 0.05) is 31.4 Å². The molecule has 2 aliphatic heterocycles. The number of fused-ring (bicyclic) bond motifs is 1. The topological polar surface area (TPSA) is 97.1 Å². The summed E-state index contributed by atoms with van der Waals surface area (Å²) >= 11 is 0. The monoisotopic (exact) mass is 441 g/mol. The maximum Gasteiger partial charge on any atom is 0.254 e. The van der Waals surface area contributed by atoms with Crippen molar-refractivity contribution < 1.29 is 17.9 Å². The van der Waals surface area contributed by atoms with Crippen LogP contribution < -0.4 is 0 Å². The molecule has 1 atom stereocenters. The van der Waals surface area contributed by atoms with Crippen molar-refractivity contribution in [3.05, 3.63) is 60.0 Å². The Hall–Kier alpha value is -2.82. The number of hydrogen-bond donors (Lipinski definition) is 0. The van der Waals surface area contributed by atoms with E-state index in [0.717, 1.165) is 24.3 Å². The molecule has 1 aromatic carbocycles. The number of likely N-dealkylation sites (tertiary alicyclic amines) is 1. The molecule has 2 fully saturated rings.